The van der Waals surface area contributed by atoms with Crippen LogP contribution in [0.4, 0.5) is 19.0 Å². The monoisotopic (exact) mass is 576 g/mol. The number of aromatic nitrogens is 3. The predicted octanol–water partition coefficient (Wildman–Crippen LogP) is 4.72. The molecule has 0 radical (unpaired) electrons. The molecule has 11 heteroatoms. The highest BCUT2D eigenvalue weighted by molar-refractivity contribution is 6.00. The van der Waals surface area contributed by atoms with Gasteiger partial charge in [0.15, 0.2) is 5.82 Å². The summed E-state index contributed by atoms with van der Waals surface area (Å²) in [5.41, 5.74) is -0.385. The molecule has 6 heterocycles. The van der Waals surface area contributed by atoms with Gasteiger partial charge in [-0.2, -0.15) is 9.97 Å². The number of hydrogen-bond acceptors (Lipinski definition) is 8. The van der Waals surface area contributed by atoms with Crippen LogP contribution in [-0.4, -0.2) is 81.5 Å². The first-order valence-electron chi connectivity index (χ1n) is 14.7. The predicted molar refractivity (Wildman–Crippen MR) is 153 cm³/mol. The minimum Gasteiger partial charge on any atom is -0.508 e. The maximum Gasteiger partial charge on any atom is 0.319 e. The van der Waals surface area contributed by atoms with E-state index in [0.717, 1.165) is 45.3 Å². The van der Waals surface area contributed by atoms with Crippen molar-refractivity contribution >= 4 is 27.5 Å². The van der Waals surface area contributed by atoms with Gasteiger partial charge in [0.25, 0.3) is 0 Å². The number of nitrogens with one attached hydrogen (secondary N) is 1. The standard InChI is InChI=1S/C31H31F3N6O2/c32-18-11-31(7-2-8-39(31)15-18)16-42-30-37-28-23(29(38-30)40-19-5-6-20(40)13-35-12-19)14-36-27(26(28)34)22-10-21(41)9-17-3-1-4-24(33)25(17)22/h1,3-4,9-10,14,18-20,35,41H,2,5-8,11-13,15-16H2/t18-,19-,20+,31+/m1/s1. The first-order valence-corrected chi connectivity index (χ1v) is 14.7. The Bertz CT molecular complexity index is 1710. The number of aromatic hydroxyl groups is 1. The first kappa shape index (κ1) is 26.0. The second-order valence-corrected chi connectivity index (χ2v) is 12.2. The van der Waals surface area contributed by atoms with Gasteiger partial charge in [0, 0.05) is 55.3 Å². The number of ether oxygens (including phenoxy) is 1. The van der Waals surface area contributed by atoms with Crippen LogP contribution >= 0.6 is 0 Å². The number of fused-ring (bicyclic) bond motifs is 5. The van der Waals surface area contributed by atoms with Crippen LogP contribution < -0.4 is 15.0 Å². The quantitative estimate of drug-likeness (QED) is 0.353. The lowest BCUT2D eigenvalue weighted by Gasteiger charge is -2.37. The number of phenolic OH excluding ortho intramolecular Hbond substituents is 1. The van der Waals surface area contributed by atoms with E-state index in [4.69, 9.17) is 9.72 Å². The SMILES string of the molecule is Oc1cc(-c2ncc3c(N4[C@@H]5CC[C@H]4CNC5)nc(OC[C@@]45CCCN4C[C@H](F)C5)nc3c2F)c2c(F)cccc2c1. The summed E-state index contributed by atoms with van der Waals surface area (Å²) in [6.45, 7) is 3.02. The van der Waals surface area contributed by atoms with Crippen molar-refractivity contribution in [2.75, 3.05) is 37.7 Å². The topological polar surface area (TPSA) is 86.6 Å². The van der Waals surface area contributed by atoms with Gasteiger partial charge in [-0.15, -0.1) is 0 Å². The largest absolute Gasteiger partial charge is 0.508 e. The summed E-state index contributed by atoms with van der Waals surface area (Å²) in [5.74, 6) is -0.859. The van der Waals surface area contributed by atoms with E-state index in [1.165, 1.54) is 30.5 Å². The number of phenols is 1. The van der Waals surface area contributed by atoms with E-state index in [-0.39, 0.29) is 52.6 Å². The Morgan fingerprint density at radius 3 is 2.79 bits per heavy atom. The van der Waals surface area contributed by atoms with Gasteiger partial charge in [-0.05, 0) is 55.8 Å². The van der Waals surface area contributed by atoms with E-state index < -0.39 is 23.3 Å². The molecule has 0 spiro atoms. The van der Waals surface area contributed by atoms with E-state index in [0.29, 0.717) is 29.6 Å². The lowest BCUT2D eigenvalue weighted by Crippen LogP contribution is -2.52. The number of alkyl halides is 1. The Kier molecular flexibility index (Phi) is 5.98. The molecular formula is C31H31F3N6O2. The third-order valence-corrected chi connectivity index (χ3v) is 9.66. The fourth-order valence-electron chi connectivity index (χ4n) is 7.80. The molecule has 4 atom stereocenters. The Morgan fingerprint density at radius 1 is 1.12 bits per heavy atom. The number of benzene rings is 2. The summed E-state index contributed by atoms with van der Waals surface area (Å²) in [4.78, 5) is 18.2. The molecule has 42 heavy (non-hydrogen) atoms. The second kappa shape index (κ2) is 9.67. The lowest BCUT2D eigenvalue weighted by molar-refractivity contribution is 0.107. The lowest BCUT2D eigenvalue weighted by atomic mass is 9.95. The fourth-order valence-corrected chi connectivity index (χ4v) is 7.80. The number of nitrogens with zero attached hydrogens (tertiary/aromatic N) is 5. The molecule has 0 amide bonds. The smallest absolute Gasteiger partial charge is 0.319 e. The second-order valence-electron chi connectivity index (χ2n) is 12.2. The molecule has 4 fully saturated rings. The van der Waals surface area contributed by atoms with E-state index in [9.17, 15) is 9.50 Å². The van der Waals surface area contributed by atoms with Gasteiger partial charge in [0.05, 0.1) is 10.9 Å². The zero-order valence-electron chi connectivity index (χ0n) is 23.0. The average molecular weight is 577 g/mol. The number of halogens is 3. The molecule has 2 N–H and O–H groups in total. The van der Waals surface area contributed by atoms with Gasteiger partial charge in [-0.3, -0.25) is 9.88 Å². The minimum atomic E-state index is -0.901. The first-order chi connectivity index (χ1) is 20.4. The van der Waals surface area contributed by atoms with E-state index >= 15 is 8.78 Å². The highest BCUT2D eigenvalue weighted by atomic mass is 19.1. The normalized spacial score (nSPS) is 27.3. The molecule has 0 aliphatic carbocycles. The number of pyridine rings is 1. The van der Waals surface area contributed by atoms with Gasteiger partial charge >= 0.3 is 6.01 Å². The van der Waals surface area contributed by atoms with Crippen LogP contribution in [0.15, 0.2) is 36.5 Å². The van der Waals surface area contributed by atoms with Crippen LogP contribution in [0.3, 0.4) is 0 Å². The maximum absolute atomic E-state index is 16.6. The van der Waals surface area contributed by atoms with Crippen molar-refractivity contribution in [3.05, 3.63) is 48.2 Å². The molecule has 0 unspecified atom stereocenters. The number of rotatable bonds is 5. The Balaban J connectivity index is 1.28. The highest BCUT2D eigenvalue weighted by Crippen LogP contribution is 2.42. The van der Waals surface area contributed by atoms with Crippen LogP contribution in [0.5, 0.6) is 11.8 Å². The van der Waals surface area contributed by atoms with Gasteiger partial charge < -0.3 is 20.1 Å². The summed E-state index contributed by atoms with van der Waals surface area (Å²) in [5, 5.41) is 14.9. The zero-order chi connectivity index (χ0) is 28.6. The summed E-state index contributed by atoms with van der Waals surface area (Å²) < 4.78 is 52.3. The van der Waals surface area contributed by atoms with Crippen molar-refractivity contribution in [3.8, 4) is 23.0 Å². The van der Waals surface area contributed by atoms with Crippen molar-refractivity contribution in [1.29, 1.82) is 0 Å². The molecule has 8 nitrogen and oxygen atoms in total. The maximum atomic E-state index is 16.6. The summed E-state index contributed by atoms with van der Waals surface area (Å²) in [6.07, 6.45) is 4.80. The Morgan fingerprint density at radius 2 is 1.95 bits per heavy atom. The third kappa shape index (κ3) is 4.00. The number of hydrogen-bond donors (Lipinski definition) is 2. The van der Waals surface area contributed by atoms with Gasteiger partial charge in [-0.25, -0.2) is 13.2 Å². The van der Waals surface area contributed by atoms with Crippen LogP contribution in [0.1, 0.15) is 32.1 Å². The molecule has 4 aliphatic rings. The molecule has 8 rings (SSSR count). The van der Waals surface area contributed by atoms with Crippen molar-refractivity contribution in [1.82, 2.24) is 25.2 Å². The third-order valence-electron chi connectivity index (χ3n) is 9.66. The number of anilines is 1. The van der Waals surface area contributed by atoms with Crippen molar-refractivity contribution in [2.24, 2.45) is 0 Å². The average Bonchev–Trinajstić information content (AvgIpc) is 3.58. The van der Waals surface area contributed by atoms with E-state index in [1.807, 2.05) is 0 Å². The van der Waals surface area contributed by atoms with E-state index in [2.05, 4.69) is 25.1 Å². The summed E-state index contributed by atoms with van der Waals surface area (Å²) in [7, 11) is 0. The molecule has 2 bridgehead atoms. The van der Waals surface area contributed by atoms with Gasteiger partial charge in [0.2, 0.25) is 0 Å². The number of piperazine rings is 1. The molecule has 218 valence electrons. The van der Waals surface area contributed by atoms with Crippen LogP contribution in [-0.2, 0) is 0 Å². The molecule has 4 aromatic rings. The molecule has 2 aromatic carbocycles. The Labute approximate surface area is 240 Å². The fraction of sp³-hybridized carbons (Fsp3) is 0.452. The molecular weight excluding hydrogens is 545 g/mol. The molecule has 0 saturated carbocycles. The molecule has 4 saturated heterocycles. The van der Waals surface area contributed by atoms with Crippen LogP contribution in [0.2, 0.25) is 0 Å². The Hall–Kier alpha value is -3.70. The van der Waals surface area contributed by atoms with Crippen molar-refractivity contribution in [3.63, 3.8) is 0 Å². The van der Waals surface area contributed by atoms with Crippen LogP contribution in [0.25, 0.3) is 32.9 Å². The highest BCUT2D eigenvalue weighted by Gasteiger charge is 2.49. The van der Waals surface area contributed by atoms with Crippen LogP contribution in [0, 0.1) is 11.6 Å². The van der Waals surface area contributed by atoms with Gasteiger partial charge in [0.1, 0.15) is 41.4 Å². The summed E-state index contributed by atoms with van der Waals surface area (Å²) >= 11 is 0. The van der Waals surface area contributed by atoms with E-state index in [1.54, 1.807) is 6.07 Å². The van der Waals surface area contributed by atoms with Crippen molar-refractivity contribution in [2.45, 2.75) is 55.9 Å². The molecule has 2 aromatic heterocycles. The zero-order valence-corrected chi connectivity index (χ0v) is 23.0. The van der Waals surface area contributed by atoms with Gasteiger partial charge in [-0.1, -0.05) is 12.1 Å². The minimum absolute atomic E-state index is 0.0151. The van der Waals surface area contributed by atoms with Crippen molar-refractivity contribution < 1.29 is 23.0 Å². The summed E-state index contributed by atoms with van der Waals surface area (Å²) in [6, 6.07) is 7.65. The molecule has 4 aliphatic heterocycles.